The minimum absolute atomic E-state index is 0.0838. The van der Waals surface area contributed by atoms with Gasteiger partial charge in [0.15, 0.2) is 0 Å². The summed E-state index contributed by atoms with van der Waals surface area (Å²) in [5, 5.41) is 5.50. The number of aromatic nitrogens is 2. The van der Waals surface area contributed by atoms with Crippen molar-refractivity contribution in [2.45, 2.75) is 38.6 Å². The minimum Gasteiger partial charge on any atom is -0.490 e. The smallest absolute Gasteiger partial charge is 0.241 e. The average molecular weight is 502 g/mol. The van der Waals surface area contributed by atoms with E-state index in [1.165, 1.54) is 12.1 Å². The molecule has 1 atom stereocenters. The van der Waals surface area contributed by atoms with Crippen LogP contribution in [-0.4, -0.2) is 30.8 Å². The van der Waals surface area contributed by atoms with Crippen molar-refractivity contribution in [2.75, 3.05) is 6.61 Å². The van der Waals surface area contributed by atoms with E-state index in [4.69, 9.17) is 16.3 Å². The number of benzene rings is 3. The lowest BCUT2D eigenvalue weighted by molar-refractivity contribution is 0.288. The number of hydrogen-bond acceptors (Lipinski definition) is 4. The summed E-state index contributed by atoms with van der Waals surface area (Å²) >= 11 is 6.45. The molecule has 34 heavy (non-hydrogen) atoms. The first-order valence-corrected chi connectivity index (χ1v) is 12.6. The number of hydrogen-bond donors (Lipinski definition) is 1. The van der Waals surface area contributed by atoms with Crippen LogP contribution in [0.3, 0.4) is 0 Å². The molecule has 0 spiro atoms. The molecule has 9 heteroatoms. The van der Waals surface area contributed by atoms with E-state index in [2.05, 4.69) is 9.82 Å². The Labute approximate surface area is 203 Å². The minimum atomic E-state index is -3.72. The highest BCUT2D eigenvalue weighted by atomic mass is 35.5. The standard InChI is InChI=1S/C25H25ClFN3O3S/c1-15-9-16(2)25(17(3)10-15)34(31,32)29-18(4)14-33-24-11-19-13-28-30(23(19)12-22(24)26)21-7-5-20(27)6-8-21/h5-13,18,29H,14H2,1-4H3/t18-/m0/s1. The van der Waals surface area contributed by atoms with Crippen LogP contribution < -0.4 is 9.46 Å². The van der Waals surface area contributed by atoms with Gasteiger partial charge in [-0.05, 0) is 75.2 Å². The summed E-state index contributed by atoms with van der Waals surface area (Å²) in [6.07, 6.45) is 1.66. The summed E-state index contributed by atoms with van der Waals surface area (Å²) in [5.74, 6) is 0.0907. The monoisotopic (exact) mass is 501 g/mol. The molecule has 178 valence electrons. The zero-order chi connectivity index (χ0) is 24.6. The van der Waals surface area contributed by atoms with Gasteiger partial charge in [-0.15, -0.1) is 0 Å². The Balaban J connectivity index is 1.50. The summed E-state index contributed by atoms with van der Waals surface area (Å²) < 4.78 is 49.4. The van der Waals surface area contributed by atoms with Gasteiger partial charge in [-0.1, -0.05) is 29.3 Å². The molecular formula is C25H25ClFN3O3S. The van der Waals surface area contributed by atoms with Gasteiger partial charge >= 0.3 is 0 Å². The van der Waals surface area contributed by atoms with Crippen LogP contribution >= 0.6 is 11.6 Å². The molecule has 0 aliphatic heterocycles. The van der Waals surface area contributed by atoms with Gasteiger partial charge in [-0.3, -0.25) is 0 Å². The first-order chi connectivity index (χ1) is 16.0. The molecule has 6 nitrogen and oxygen atoms in total. The fourth-order valence-corrected chi connectivity index (χ4v) is 5.98. The zero-order valence-electron chi connectivity index (χ0n) is 19.3. The maximum absolute atomic E-state index is 13.3. The lowest BCUT2D eigenvalue weighted by atomic mass is 10.1. The van der Waals surface area contributed by atoms with Gasteiger partial charge in [0, 0.05) is 5.39 Å². The van der Waals surface area contributed by atoms with Crippen molar-refractivity contribution in [1.82, 2.24) is 14.5 Å². The van der Waals surface area contributed by atoms with E-state index >= 15 is 0 Å². The van der Waals surface area contributed by atoms with Gasteiger partial charge in [0.05, 0.1) is 33.4 Å². The maximum Gasteiger partial charge on any atom is 0.241 e. The second-order valence-electron chi connectivity index (χ2n) is 8.44. The molecule has 0 amide bonds. The maximum atomic E-state index is 13.3. The predicted octanol–water partition coefficient (Wildman–Crippen LogP) is 5.49. The second kappa shape index (κ2) is 9.37. The molecule has 1 N–H and O–H groups in total. The van der Waals surface area contributed by atoms with Crippen molar-refractivity contribution >= 4 is 32.5 Å². The number of aryl methyl sites for hydroxylation is 3. The van der Waals surface area contributed by atoms with Crippen LogP contribution in [0, 0.1) is 26.6 Å². The van der Waals surface area contributed by atoms with Gasteiger partial charge in [0.1, 0.15) is 18.2 Å². The first kappa shape index (κ1) is 24.2. The van der Waals surface area contributed by atoms with Crippen LogP contribution in [0.2, 0.25) is 5.02 Å². The Kier molecular flexibility index (Phi) is 6.66. The highest BCUT2D eigenvalue weighted by Gasteiger charge is 2.22. The van der Waals surface area contributed by atoms with Gasteiger partial charge in [-0.25, -0.2) is 22.2 Å². The summed E-state index contributed by atoms with van der Waals surface area (Å²) in [4.78, 5) is 0.289. The van der Waals surface area contributed by atoms with Crippen LogP contribution in [0.15, 0.2) is 59.6 Å². The fourth-order valence-electron chi connectivity index (χ4n) is 4.09. The largest absolute Gasteiger partial charge is 0.490 e. The summed E-state index contributed by atoms with van der Waals surface area (Å²) in [6.45, 7) is 7.33. The van der Waals surface area contributed by atoms with Crippen molar-refractivity contribution in [3.8, 4) is 11.4 Å². The predicted molar refractivity (Wildman–Crippen MR) is 132 cm³/mol. The summed E-state index contributed by atoms with van der Waals surface area (Å²) in [7, 11) is -3.72. The molecule has 0 saturated carbocycles. The number of fused-ring (bicyclic) bond motifs is 1. The highest BCUT2D eigenvalue weighted by molar-refractivity contribution is 7.89. The van der Waals surface area contributed by atoms with E-state index < -0.39 is 16.1 Å². The molecule has 3 aromatic carbocycles. The molecule has 0 unspecified atom stereocenters. The van der Waals surface area contributed by atoms with E-state index in [-0.39, 0.29) is 17.3 Å². The third kappa shape index (κ3) is 4.94. The Hall–Kier alpha value is -2.94. The Bertz CT molecular complexity index is 1440. The molecule has 4 aromatic rings. The average Bonchev–Trinajstić information content (AvgIpc) is 3.13. The van der Waals surface area contributed by atoms with E-state index in [0.717, 1.165) is 16.5 Å². The molecule has 0 radical (unpaired) electrons. The Morgan fingerprint density at radius 1 is 1.09 bits per heavy atom. The van der Waals surface area contributed by atoms with Crippen LogP contribution in [0.5, 0.6) is 5.75 Å². The van der Waals surface area contributed by atoms with Gasteiger partial charge in [-0.2, -0.15) is 5.10 Å². The molecule has 0 saturated heterocycles. The molecular weight excluding hydrogens is 477 g/mol. The highest BCUT2D eigenvalue weighted by Crippen LogP contribution is 2.31. The lowest BCUT2D eigenvalue weighted by Crippen LogP contribution is -2.37. The third-order valence-electron chi connectivity index (χ3n) is 5.41. The van der Waals surface area contributed by atoms with E-state index in [1.54, 1.807) is 55.9 Å². The number of nitrogens with zero attached hydrogens (tertiary/aromatic N) is 2. The summed E-state index contributed by atoms with van der Waals surface area (Å²) in [6, 6.07) is 12.7. The molecule has 1 aromatic heterocycles. The quantitative estimate of drug-likeness (QED) is 0.363. The van der Waals surface area contributed by atoms with E-state index in [9.17, 15) is 12.8 Å². The molecule has 0 bridgehead atoms. The normalized spacial score (nSPS) is 12.8. The van der Waals surface area contributed by atoms with E-state index in [0.29, 0.717) is 27.6 Å². The lowest BCUT2D eigenvalue weighted by Gasteiger charge is -2.18. The van der Waals surface area contributed by atoms with Crippen molar-refractivity contribution < 1.29 is 17.5 Å². The van der Waals surface area contributed by atoms with Crippen LogP contribution in [0.1, 0.15) is 23.6 Å². The van der Waals surface area contributed by atoms with Crippen molar-refractivity contribution in [3.63, 3.8) is 0 Å². The molecule has 0 fully saturated rings. The summed E-state index contributed by atoms with van der Waals surface area (Å²) in [5.41, 5.74) is 3.85. The van der Waals surface area contributed by atoms with E-state index in [1.807, 2.05) is 19.1 Å². The first-order valence-electron chi connectivity index (χ1n) is 10.7. The van der Waals surface area contributed by atoms with Gasteiger partial charge in [0.2, 0.25) is 10.0 Å². The van der Waals surface area contributed by atoms with Crippen LogP contribution in [0.25, 0.3) is 16.6 Å². The molecule has 1 heterocycles. The second-order valence-corrected chi connectivity index (χ2v) is 10.5. The molecule has 4 rings (SSSR count). The number of rotatable bonds is 7. The van der Waals surface area contributed by atoms with Crippen molar-refractivity contribution in [2.24, 2.45) is 0 Å². The Morgan fingerprint density at radius 3 is 2.38 bits per heavy atom. The number of nitrogens with one attached hydrogen (secondary N) is 1. The third-order valence-corrected chi connectivity index (χ3v) is 7.60. The molecule has 0 aliphatic rings. The topological polar surface area (TPSA) is 73.2 Å². The number of halogens is 2. The fraction of sp³-hybridized carbons (Fsp3) is 0.240. The van der Waals surface area contributed by atoms with Gasteiger partial charge in [0.25, 0.3) is 0 Å². The van der Waals surface area contributed by atoms with Gasteiger partial charge < -0.3 is 4.74 Å². The zero-order valence-corrected chi connectivity index (χ0v) is 20.8. The molecule has 0 aliphatic carbocycles. The van der Waals surface area contributed by atoms with Crippen molar-refractivity contribution in [3.05, 3.63) is 82.3 Å². The van der Waals surface area contributed by atoms with Crippen LogP contribution in [0.4, 0.5) is 4.39 Å². The van der Waals surface area contributed by atoms with Crippen molar-refractivity contribution in [1.29, 1.82) is 0 Å². The van der Waals surface area contributed by atoms with Crippen LogP contribution in [-0.2, 0) is 10.0 Å². The SMILES string of the molecule is Cc1cc(C)c(S(=O)(=O)N[C@@H](C)COc2cc3cnn(-c4ccc(F)cc4)c3cc2Cl)c(C)c1. The number of ether oxygens (including phenoxy) is 1. The Morgan fingerprint density at radius 2 is 1.74 bits per heavy atom. The number of sulfonamides is 1.